The predicted octanol–water partition coefficient (Wildman–Crippen LogP) is 1.71. The van der Waals surface area contributed by atoms with Crippen molar-refractivity contribution < 1.29 is 19.4 Å². The van der Waals surface area contributed by atoms with Crippen LogP contribution in [-0.2, 0) is 16.0 Å². The summed E-state index contributed by atoms with van der Waals surface area (Å²) >= 11 is 0. The molecule has 1 fully saturated rings. The highest BCUT2D eigenvalue weighted by molar-refractivity contribution is 5.79. The molecule has 0 radical (unpaired) electrons. The number of carboxylic acids is 1. The van der Waals surface area contributed by atoms with Crippen molar-refractivity contribution in [1.29, 1.82) is 0 Å². The zero-order valence-corrected chi connectivity index (χ0v) is 11.4. The molecular formula is C15H19NO4. The average Bonchev–Trinajstić information content (AvgIpc) is 2.46. The second-order valence-electron chi connectivity index (χ2n) is 4.95. The van der Waals surface area contributed by atoms with Gasteiger partial charge >= 0.3 is 5.97 Å². The van der Waals surface area contributed by atoms with Crippen molar-refractivity contribution in [1.82, 2.24) is 4.90 Å². The highest BCUT2D eigenvalue weighted by Crippen LogP contribution is 2.16. The predicted molar refractivity (Wildman–Crippen MR) is 73.7 cm³/mol. The van der Waals surface area contributed by atoms with Crippen molar-refractivity contribution in [2.75, 3.05) is 19.7 Å². The molecule has 0 spiro atoms. The molecule has 0 aliphatic carbocycles. The highest BCUT2D eigenvalue weighted by atomic mass is 16.5. The number of hydrogen-bond acceptors (Lipinski definition) is 3. The number of carbonyl (C=O) groups excluding carboxylic acids is 1. The second-order valence-corrected chi connectivity index (χ2v) is 4.95. The Morgan fingerprint density at radius 2 is 1.95 bits per heavy atom. The van der Waals surface area contributed by atoms with E-state index < -0.39 is 5.97 Å². The Morgan fingerprint density at radius 1 is 1.20 bits per heavy atom. The number of likely N-dealkylation sites (tertiary alicyclic amines) is 1. The minimum atomic E-state index is -1.01. The number of ether oxygens (including phenoxy) is 1. The first-order chi connectivity index (χ1) is 9.65. The topological polar surface area (TPSA) is 66.8 Å². The zero-order valence-electron chi connectivity index (χ0n) is 11.4. The van der Waals surface area contributed by atoms with E-state index in [1.807, 2.05) is 11.0 Å². The first kappa shape index (κ1) is 14.4. The number of hydrogen-bond donors (Lipinski definition) is 1. The summed E-state index contributed by atoms with van der Waals surface area (Å²) in [6.07, 6.45) is 3.69. The van der Waals surface area contributed by atoms with E-state index in [4.69, 9.17) is 9.84 Å². The molecule has 0 bridgehead atoms. The van der Waals surface area contributed by atoms with E-state index in [2.05, 4.69) is 0 Å². The fourth-order valence-electron chi connectivity index (χ4n) is 2.32. The van der Waals surface area contributed by atoms with Crippen molar-refractivity contribution in [2.24, 2.45) is 0 Å². The van der Waals surface area contributed by atoms with Crippen LogP contribution in [0, 0.1) is 0 Å². The molecule has 0 atom stereocenters. The van der Waals surface area contributed by atoms with Gasteiger partial charge in [0.25, 0.3) is 0 Å². The first-order valence-corrected chi connectivity index (χ1v) is 6.86. The van der Waals surface area contributed by atoms with Gasteiger partial charge in [0.2, 0.25) is 5.91 Å². The molecule has 1 aromatic rings. The highest BCUT2D eigenvalue weighted by Gasteiger charge is 2.16. The Labute approximate surface area is 118 Å². The Hall–Kier alpha value is -2.04. The smallest absolute Gasteiger partial charge is 0.341 e. The van der Waals surface area contributed by atoms with Crippen LogP contribution in [0.2, 0.25) is 0 Å². The van der Waals surface area contributed by atoms with Gasteiger partial charge in [-0.05, 0) is 37.0 Å². The summed E-state index contributed by atoms with van der Waals surface area (Å²) in [6.45, 7) is 1.31. The van der Waals surface area contributed by atoms with Crippen LogP contribution in [0.25, 0.3) is 0 Å². The Bertz CT molecular complexity index is 481. The van der Waals surface area contributed by atoms with Gasteiger partial charge in [0.05, 0.1) is 6.42 Å². The summed E-state index contributed by atoms with van der Waals surface area (Å²) < 4.78 is 5.11. The SMILES string of the molecule is O=C(O)COc1cccc(CC(=O)N2CCCCC2)c1. The summed E-state index contributed by atoms with van der Waals surface area (Å²) in [4.78, 5) is 24.5. The largest absolute Gasteiger partial charge is 0.482 e. The summed E-state index contributed by atoms with van der Waals surface area (Å²) in [7, 11) is 0. The minimum absolute atomic E-state index is 0.125. The molecule has 1 aliphatic rings. The van der Waals surface area contributed by atoms with Crippen molar-refractivity contribution >= 4 is 11.9 Å². The Kier molecular flexibility index (Phi) is 4.98. The number of carboxylic acid groups (broad SMARTS) is 1. The first-order valence-electron chi connectivity index (χ1n) is 6.86. The van der Waals surface area contributed by atoms with Gasteiger partial charge in [0.1, 0.15) is 5.75 Å². The van der Waals surface area contributed by atoms with Crippen LogP contribution in [0.15, 0.2) is 24.3 Å². The van der Waals surface area contributed by atoms with Crippen molar-refractivity contribution in [3.8, 4) is 5.75 Å². The third kappa shape index (κ3) is 4.26. The van der Waals surface area contributed by atoms with E-state index in [-0.39, 0.29) is 12.5 Å². The lowest BCUT2D eigenvalue weighted by Gasteiger charge is -2.26. The molecule has 0 aromatic heterocycles. The summed E-state index contributed by atoms with van der Waals surface area (Å²) in [5, 5.41) is 8.57. The fraction of sp³-hybridized carbons (Fsp3) is 0.467. The Morgan fingerprint density at radius 3 is 2.65 bits per heavy atom. The van der Waals surface area contributed by atoms with E-state index in [1.165, 1.54) is 6.42 Å². The molecule has 0 saturated carbocycles. The van der Waals surface area contributed by atoms with Crippen molar-refractivity contribution in [3.63, 3.8) is 0 Å². The lowest BCUT2D eigenvalue weighted by Crippen LogP contribution is -2.36. The van der Waals surface area contributed by atoms with E-state index in [1.54, 1.807) is 18.2 Å². The number of benzene rings is 1. The van der Waals surface area contributed by atoms with Crippen molar-refractivity contribution in [3.05, 3.63) is 29.8 Å². The molecule has 2 rings (SSSR count). The van der Waals surface area contributed by atoms with Gasteiger partial charge in [-0.25, -0.2) is 4.79 Å². The van der Waals surface area contributed by atoms with Crippen LogP contribution in [-0.4, -0.2) is 41.6 Å². The molecule has 0 unspecified atom stereocenters. The number of nitrogens with zero attached hydrogens (tertiary/aromatic N) is 1. The fourth-order valence-corrected chi connectivity index (χ4v) is 2.32. The molecular weight excluding hydrogens is 258 g/mol. The molecule has 1 heterocycles. The zero-order chi connectivity index (χ0) is 14.4. The molecule has 5 nitrogen and oxygen atoms in total. The number of carbonyl (C=O) groups is 2. The molecule has 1 aromatic carbocycles. The lowest BCUT2D eigenvalue weighted by atomic mass is 10.1. The standard InChI is InChI=1S/C15H19NO4/c17-14(16-7-2-1-3-8-16)10-12-5-4-6-13(9-12)20-11-15(18)19/h4-6,9H,1-3,7-8,10-11H2,(H,18,19). The van der Waals surface area contributed by atoms with Gasteiger partial charge in [0, 0.05) is 13.1 Å². The quantitative estimate of drug-likeness (QED) is 0.889. The van der Waals surface area contributed by atoms with Crippen LogP contribution in [0.3, 0.4) is 0 Å². The van der Waals surface area contributed by atoms with E-state index in [9.17, 15) is 9.59 Å². The monoisotopic (exact) mass is 277 g/mol. The van der Waals surface area contributed by atoms with Gasteiger partial charge in [-0.3, -0.25) is 4.79 Å². The van der Waals surface area contributed by atoms with Gasteiger partial charge in [-0.2, -0.15) is 0 Å². The van der Waals surface area contributed by atoms with Crippen LogP contribution in [0.5, 0.6) is 5.75 Å². The van der Waals surface area contributed by atoms with Crippen LogP contribution >= 0.6 is 0 Å². The summed E-state index contributed by atoms with van der Waals surface area (Å²) in [6, 6.07) is 7.05. The maximum atomic E-state index is 12.1. The summed E-state index contributed by atoms with van der Waals surface area (Å²) in [5.74, 6) is -0.406. The van der Waals surface area contributed by atoms with Gasteiger partial charge < -0.3 is 14.7 Å². The maximum absolute atomic E-state index is 12.1. The number of piperidine rings is 1. The molecule has 108 valence electrons. The van der Waals surface area contributed by atoms with E-state index >= 15 is 0 Å². The van der Waals surface area contributed by atoms with Gasteiger partial charge in [0.15, 0.2) is 6.61 Å². The normalized spacial score (nSPS) is 14.9. The van der Waals surface area contributed by atoms with Crippen molar-refractivity contribution in [2.45, 2.75) is 25.7 Å². The summed E-state index contributed by atoms with van der Waals surface area (Å²) in [5.41, 5.74) is 0.850. The molecule has 1 aliphatic heterocycles. The lowest BCUT2D eigenvalue weighted by molar-refractivity contribution is -0.139. The second kappa shape index (κ2) is 6.93. The number of amides is 1. The van der Waals surface area contributed by atoms with Gasteiger partial charge in [-0.15, -0.1) is 0 Å². The van der Waals surface area contributed by atoms with Crippen LogP contribution in [0.1, 0.15) is 24.8 Å². The molecule has 1 N–H and O–H groups in total. The number of aliphatic carboxylic acids is 1. The van der Waals surface area contributed by atoms with E-state index in [0.29, 0.717) is 12.2 Å². The average molecular weight is 277 g/mol. The Balaban J connectivity index is 1.93. The molecule has 5 heteroatoms. The third-order valence-electron chi connectivity index (χ3n) is 3.32. The van der Waals surface area contributed by atoms with Gasteiger partial charge in [-0.1, -0.05) is 12.1 Å². The molecule has 1 saturated heterocycles. The molecule has 1 amide bonds. The molecule has 20 heavy (non-hydrogen) atoms. The third-order valence-corrected chi connectivity index (χ3v) is 3.32. The van der Waals surface area contributed by atoms with Crippen LogP contribution in [0.4, 0.5) is 0 Å². The minimum Gasteiger partial charge on any atom is -0.482 e. The maximum Gasteiger partial charge on any atom is 0.341 e. The van der Waals surface area contributed by atoms with E-state index in [0.717, 1.165) is 31.5 Å². The van der Waals surface area contributed by atoms with Crippen LogP contribution < -0.4 is 4.74 Å². The number of rotatable bonds is 5.